The fraction of sp³-hybridized carbons (Fsp3) is 0.733. The minimum Gasteiger partial charge on any atom is -0.310 e. The van der Waals surface area contributed by atoms with Crippen molar-refractivity contribution in [3.05, 3.63) is 23.3 Å². The summed E-state index contributed by atoms with van der Waals surface area (Å²) in [6.45, 7) is 5.51. The molecule has 1 unspecified atom stereocenters. The van der Waals surface area contributed by atoms with Crippen LogP contribution in [0, 0.1) is 0 Å². The molecule has 1 aromatic rings. The highest BCUT2D eigenvalue weighted by Crippen LogP contribution is 2.28. The van der Waals surface area contributed by atoms with Gasteiger partial charge in [0.15, 0.2) is 0 Å². The maximum Gasteiger partial charge on any atom is 0.128 e. The van der Waals surface area contributed by atoms with E-state index in [4.69, 9.17) is 4.98 Å². The number of fused-ring (bicyclic) bond motifs is 1. The van der Waals surface area contributed by atoms with Crippen LogP contribution >= 0.6 is 0 Å². The molecule has 100 valence electrons. The molecule has 2 rings (SSSR count). The maximum absolute atomic E-state index is 4.76. The third-order valence-electron chi connectivity index (χ3n) is 3.63. The Kier molecular flexibility index (Phi) is 5.12. The SMILES string of the molecule is CCCCc1ncc2c(n1)CCCC2NCCC. The highest BCUT2D eigenvalue weighted by Gasteiger charge is 2.21. The zero-order chi connectivity index (χ0) is 12.8. The number of unbranched alkanes of at least 4 members (excludes halogenated alkanes) is 1. The third-order valence-corrected chi connectivity index (χ3v) is 3.63. The lowest BCUT2D eigenvalue weighted by Gasteiger charge is -2.25. The summed E-state index contributed by atoms with van der Waals surface area (Å²) in [5.74, 6) is 1.03. The second-order valence-electron chi connectivity index (χ2n) is 5.19. The van der Waals surface area contributed by atoms with Crippen molar-refractivity contribution in [2.24, 2.45) is 0 Å². The Hall–Kier alpha value is -0.960. The Morgan fingerprint density at radius 1 is 1.33 bits per heavy atom. The van der Waals surface area contributed by atoms with Gasteiger partial charge in [0.05, 0.1) is 0 Å². The van der Waals surface area contributed by atoms with Gasteiger partial charge >= 0.3 is 0 Å². The molecule has 0 spiro atoms. The van der Waals surface area contributed by atoms with E-state index in [0.717, 1.165) is 25.2 Å². The van der Waals surface area contributed by atoms with Crippen LogP contribution in [-0.4, -0.2) is 16.5 Å². The lowest BCUT2D eigenvalue weighted by Crippen LogP contribution is -2.27. The third kappa shape index (κ3) is 3.29. The first kappa shape index (κ1) is 13.5. The van der Waals surface area contributed by atoms with E-state index in [9.17, 15) is 0 Å². The zero-order valence-electron chi connectivity index (χ0n) is 11.7. The maximum atomic E-state index is 4.76. The van der Waals surface area contributed by atoms with Crippen LogP contribution in [0.3, 0.4) is 0 Å². The minimum absolute atomic E-state index is 0.480. The lowest BCUT2D eigenvalue weighted by molar-refractivity contribution is 0.452. The van der Waals surface area contributed by atoms with E-state index in [1.54, 1.807) is 0 Å². The highest BCUT2D eigenvalue weighted by atomic mass is 14.9. The van der Waals surface area contributed by atoms with Crippen molar-refractivity contribution in [1.29, 1.82) is 0 Å². The van der Waals surface area contributed by atoms with Crippen molar-refractivity contribution in [1.82, 2.24) is 15.3 Å². The number of aryl methyl sites for hydroxylation is 2. The van der Waals surface area contributed by atoms with Gasteiger partial charge in [-0.1, -0.05) is 20.3 Å². The van der Waals surface area contributed by atoms with Crippen molar-refractivity contribution in [2.75, 3.05) is 6.54 Å². The van der Waals surface area contributed by atoms with Gasteiger partial charge in [0.25, 0.3) is 0 Å². The fourth-order valence-electron chi connectivity index (χ4n) is 2.57. The highest BCUT2D eigenvalue weighted by molar-refractivity contribution is 5.24. The van der Waals surface area contributed by atoms with Gasteiger partial charge in [-0.15, -0.1) is 0 Å². The standard InChI is InChI=1S/C15H25N3/c1-3-5-9-15-17-11-12-13(16-10-4-2)7-6-8-14(12)18-15/h11,13,16H,3-10H2,1-2H3. The van der Waals surface area contributed by atoms with E-state index in [2.05, 4.69) is 30.3 Å². The summed E-state index contributed by atoms with van der Waals surface area (Å²) in [5, 5.41) is 3.61. The molecule has 0 saturated carbocycles. The Labute approximate surface area is 110 Å². The molecule has 1 atom stereocenters. The van der Waals surface area contributed by atoms with E-state index in [1.807, 2.05) is 0 Å². The van der Waals surface area contributed by atoms with Crippen molar-refractivity contribution in [3.8, 4) is 0 Å². The van der Waals surface area contributed by atoms with Gasteiger partial charge in [-0.05, 0) is 38.6 Å². The molecule has 0 aliphatic heterocycles. The first-order valence-electron chi connectivity index (χ1n) is 7.43. The second kappa shape index (κ2) is 6.83. The summed E-state index contributed by atoms with van der Waals surface area (Å²) >= 11 is 0. The number of rotatable bonds is 6. The molecule has 1 aliphatic carbocycles. The summed E-state index contributed by atoms with van der Waals surface area (Å²) in [6, 6.07) is 0.480. The molecular formula is C15H25N3. The number of hydrogen-bond acceptors (Lipinski definition) is 3. The Morgan fingerprint density at radius 3 is 3.00 bits per heavy atom. The van der Waals surface area contributed by atoms with Crippen LogP contribution in [0.4, 0.5) is 0 Å². The molecule has 0 saturated heterocycles. The average molecular weight is 247 g/mol. The smallest absolute Gasteiger partial charge is 0.128 e. The first-order chi connectivity index (χ1) is 8.85. The molecule has 0 bridgehead atoms. The fourth-order valence-corrected chi connectivity index (χ4v) is 2.57. The normalized spacial score (nSPS) is 18.7. The average Bonchev–Trinajstić information content (AvgIpc) is 2.42. The molecule has 1 aliphatic rings. The van der Waals surface area contributed by atoms with Crippen LogP contribution in [-0.2, 0) is 12.8 Å². The topological polar surface area (TPSA) is 37.8 Å². The van der Waals surface area contributed by atoms with E-state index >= 15 is 0 Å². The van der Waals surface area contributed by atoms with Gasteiger partial charge in [-0.25, -0.2) is 9.97 Å². The van der Waals surface area contributed by atoms with E-state index < -0.39 is 0 Å². The number of nitrogens with zero attached hydrogens (tertiary/aromatic N) is 2. The molecule has 1 N–H and O–H groups in total. The number of hydrogen-bond donors (Lipinski definition) is 1. The van der Waals surface area contributed by atoms with Crippen LogP contribution in [0.5, 0.6) is 0 Å². The monoisotopic (exact) mass is 247 g/mol. The molecular weight excluding hydrogens is 222 g/mol. The van der Waals surface area contributed by atoms with E-state index in [-0.39, 0.29) is 0 Å². The largest absolute Gasteiger partial charge is 0.310 e. The van der Waals surface area contributed by atoms with Crippen LogP contribution < -0.4 is 5.32 Å². The van der Waals surface area contributed by atoms with Crippen LogP contribution in [0.1, 0.15) is 69.1 Å². The van der Waals surface area contributed by atoms with Crippen molar-refractivity contribution in [3.63, 3.8) is 0 Å². The van der Waals surface area contributed by atoms with E-state index in [0.29, 0.717) is 6.04 Å². The van der Waals surface area contributed by atoms with Gasteiger partial charge in [0.2, 0.25) is 0 Å². The van der Waals surface area contributed by atoms with Gasteiger partial charge < -0.3 is 5.32 Å². The summed E-state index contributed by atoms with van der Waals surface area (Å²) in [5.41, 5.74) is 2.63. The van der Waals surface area contributed by atoms with Crippen LogP contribution in [0.25, 0.3) is 0 Å². The molecule has 3 heteroatoms. The molecule has 0 radical (unpaired) electrons. The predicted molar refractivity (Wildman–Crippen MR) is 74.6 cm³/mol. The molecule has 0 fully saturated rings. The lowest BCUT2D eigenvalue weighted by atomic mass is 9.92. The van der Waals surface area contributed by atoms with Crippen molar-refractivity contribution < 1.29 is 0 Å². The Morgan fingerprint density at radius 2 is 2.22 bits per heavy atom. The zero-order valence-corrected chi connectivity index (χ0v) is 11.7. The van der Waals surface area contributed by atoms with Crippen LogP contribution in [0.15, 0.2) is 6.20 Å². The molecule has 18 heavy (non-hydrogen) atoms. The minimum atomic E-state index is 0.480. The summed E-state index contributed by atoms with van der Waals surface area (Å²) in [4.78, 5) is 9.29. The molecule has 0 aromatic carbocycles. The van der Waals surface area contributed by atoms with Crippen molar-refractivity contribution >= 4 is 0 Å². The van der Waals surface area contributed by atoms with E-state index in [1.165, 1.54) is 43.4 Å². The molecule has 1 heterocycles. The Bertz CT molecular complexity index is 376. The predicted octanol–water partition coefficient (Wildman–Crippen LogP) is 3.20. The van der Waals surface area contributed by atoms with Gasteiger partial charge in [-0.2, -0.15) is 0 Å². The molecule has 1 aromatic heterocycles. The first-order valence-corrected chi connectivity index (χ1v) is 7.43. The van der Waals surface area contributed by atoms with Gasteiger partial charge in [0.1, 0.15) is 5.82 Å². The number of nitrogens with one attached hydrogen (secondary N) is 1. The molecule has 0 amide bonds. The molecule has 3 nitrogen and oxygen atoms in total. The summed E-state index contributed by atoms with van der Waals surface area (Å²) in [7, 11) is 0. The van der Waals surface area contributed by atoms with Crippen LogP contribution in [0.2, 0.25) is 0 Å². The Balaban J connectivity index is 2.09. The second-order valence-corrected chi connectivity index (χ2v) is 5.19. The number of aromatic nitrogens is 2. The quantitative estimate of drug-likeness (QED) is 0.839. The summed E-state index contributed by atoms with van der Waals surface area (Å²) in [6.07, 6.45) is 10.3. The van der Waals surface area contributed by atoms with Gasteiger partial charge in [0, 0.05) is 29.9 Å². The van der Waals surface area contributed by atoms with Crippen molar-refractivity contribution in [2.45, 2.75) is 64.8 Å². The van der Waals surface area contributed by atoms with Gasteiger partial charge in [-0.3, -0.25) is 0 Å². The summed E-state index contributed by atoms with van der Waals surface area (Å²) < 4.78 is 0.